The quantitative estimate of drug-likeness (QED) is 0.770. The van der Waals surface area contributed by atoms with Crippen LogP contribution < -0.4 is 16.8 Å². The minimum Gasteiger partial charge on any atom is -0.366 e. The van der Waals surface area contributed by atoms with Crippen LogP contribution in [-0.2, 0) is 4.79 Å². The molecule has 0 aliphatic heterocycles. The predicted octanol–water partition coefficient (Wildman–Crippen LogP) is 1.15. The van der Waals surface area contributed by atoms with Crippen molar-refractivity contribution in [2.24, 2.45) is 11.5 Å². The van der Waals surface area contributed by atoms with E-state index in [9.17, 15) is 9.59 Å². The number of anilines is 1. The molecule has 0 radical (unpaired) electrons. The highest BCUT2D eigenvalue weighted by molar-refractivity contribution is 6.34. The predicted molar refractivity (Wildman–Crippen MR) is 69.5 cm³/mol. The molecular weight excluding hydrogens is 265 g/mol. The van der Waals surface area contributed by atoms with E-state index in [2.05, 4.69) is 5.32 Å². The van der Waals surface area contributed by atoms with Crippen LogP contribution in [0.25, 0.3) is 0 Å². The van der Waals surface area contributed by atoms with Crippen LogP contribution in [0.3, 0.4) is 0 Å². The van der Waals surface area contributed by atoms with Gasteiger partial charge in [0.1, 0.15) is 0 Å². The first kappa shape index (κ1) is 15.7. The molecule has 5 N–H and O–H groups in total. The van der Waals surface area contributed by atoms with Gasteiger partial charge in [0.15, 0.2) is 0 Å². The van der Waals surface area contributed by atoms with Crippen molar-refractivity contribution in [3.63, 3.8) is 0 Å². The van der Waals surface area contributed by atoms with Gasteiger partial charge >= 0.3 is 0 Å². The van der Waals surface area contributed by atoms with Crippen LogP contribution in [0.15, 0.2) is 18.2 Å². The van der Waals surface area contributed by atoms with E-state index in [4.69, 9.17) is 23.1 Å². The molecule has 0 unspecified atom stereocenters. The summed E-state index contributed by atoms with van der Waals surface area (Å²) in [4.78, 5) is 22.1. The maximum absolute atomic E-state index is 11.2. The Morgan fingerprint density at radius 3 is 2.47 bits per heavy atom. The summed E-state index contributed by atoms with van der Waals surface area (Å²) in [5, 5.41) is 2.80. The van der Waals surface area contributed by atoms with Crippen molar-refractivity contribution in [1.82, 2.24) is 0 Å². The summed E-state index contributed by atoms with van der Waals surface area (Å²) in [5.41, 5.74) is 11.0. The smallest absolute Gasteiger partial charge is 0.250 e. The van der Waals surface area contributed by atoms with Crippen LogP contribution in [-0.4, -0.2) is 18.4 Å². The maximum Gasteiger partial charge on any atom is 0.250 e. The summed E-state index contributed by atoms with van der Waals surface area (Å²) in [5.74, 6) is -0.810. The summed E-state index contributed by atoms with van der Waals surface area (Å²) in [7, 11) is 0. The summed E-state index contributed by atoms with van der Waals surface area (Å²) in [6.07, 6.45) is 0.231. The van der Waals surface area contributed by atoms with E-state index < -0.39 is 5.91 Å². The van der Waals surface area contributed by atoms with Crippen molar-refractivity contribution in [1.29, 1.82) is 0 Å². The molecular formula is C10H13Cl2N3O2. The molecule has 0 heterocycles. The van der Waals surface area contributed by atoms with Crippen molar-refractivity contribution in [3.8, 4) is 0 Å². The Morgan fingerprint density at radius 1 is 1.35 bits per heavy atom. The Labute approximate surface area is 110 Å². The minimum absolute atomic E-state index is 0. The van der Waals surface area contributed by atoms with E-state index in [1.807, 2.05) is 0 Å². The van der Waals surface area contributed by atoms with Crippen molar-refractivity contribution in [2.45, 2.75) is 6.42 Å². The Hall–Kier alpha value is -1.30. The lowest BCUT2D eigenvalue weighted by molar-refractivity contribution is -0.116. The molecule has 94 valence electrons. The molecule has 0 aliphatic rings. The molecule has 1 aromatic carbocycles. The highest BCUT2D eigenvalue weighted by Crippen LogP contribution is 2.20. The molecule has 0 bridgehead atoms. The number of amides is 2. The standard InChI is InChI=1S/C10H12ClN3O2.ClH/c11-8-5-6(14-9(15)3-4-12)1-2-7(8)10(13)16;/h1-2,5H,3-4,12H2,(H2,13,16)(H,14,15);1H. The molecule has 0 saturated heterocycles. The van der Waals surface area contributed by atoms with Crippen molar-refractivity contribution in [3.05, 3.63) is 28.8 Å². The van der Waals surface area contributed by atoms with E-state index in [1.54, 1.807) is 6.07 Å². The Bertz CT molecular complexity index is 424. The molecule has 7 heteroatoms. The molecule has 1 rings (SSSR count). The van der Waals surface area contributed by atoms with Crippen LogP contribution in [0.4, 0.5) is 5.69 Å². The average Bonchev–Trinajstić information content (AvgIpc) is 2.17. The summed E-state index contributed by atoms with van der Waals surface area (Å²) in [6, 6.07) is 4.49. The number of rotatable bonds is 4. The molecule has 0 atom stereocenters. The number of hydrogen-bond donors (Lipinski definition) is 3. The molecule has 0 saturated carbocycles. The Balaban J connectivity index is 0.00000256. The zero-order chi connectivity index (χ0) is 12.1. The molecule has 2 amide bonds. The average molecular weight is 278 g/mol. The second-order valence-electron chi connectivity index (χ2n) is 3.15. The second-order valence-corrected chi connectivity index (χ2v) is 3.55. The minimum atomic E-state index is -0.607. The molecule has 0 aliphatic carbocycles. The number of halogens is 2. The molecule has 5 nitrogen and oxygen atoms in total. The monoisotopic (exact) mass is 277 g/mol. The largest absolute Gasteiger partial charge is 0.366 e. The molecule has 0 spiro atoms. The third kappa shape index (κ3) is 4.60. The van der Waals surface area contributed by atoms with Gasteiger partial charge in [-0.25, -0.2) is 0 Å². The van der Waals surface area contributed by atoms with Gasteiger partial charge in [0, 0.05) is 18.7 Å². The first-order chi connectivity index (χ1) is 7.54. The van der Waals surface area contributed by atoms with Gasteiger partial charge in [-0.05, 0) is 18.2 Å². The lowest BCUT2D eigenvalue weighted by Crippen LogP contribution is -2.16. The van der Waals surface area contributed by atoms with E-state index >= 15 is 0 Å². The van der Waals surface area contributed by atoms with E-state index in [1.165, 1.54) is 12.1 Å². The SMILES string of the molecule is Cl.NCCC(=O)Nc1ccc(C(N)=O)c(Cl)c1. The summed E-state index contributed by atoms with van der Waals surface area (Å²) >= 11 is 5.81. The number of carbonyl (C=O) groups is 2. The lowest BCUT2D eigenvalue weighted by atomic mass is 10.2. The highest BCUT2D eigenvalue weighted by atomic mass is 35.5. The van der Waals surface area contributed by atoms with Crippen LogP contribution >= 0.6 is 24.0 Å². The van der Waals surface area contributed by atoms with Crippen LogP contribution in [0, 0.1) is 0 Å². The first-order valence-corrected chi connectivity index (χ1v) is 5.01. The zero-order valence-corrected chi connectivity index (χ0v) is 10.5. The number of carbonyl (C=O) groups excluding carboxylic acids is 2. The lowest BCUT2D eigenvalue weighted by Gasteiger charge is -2.06. The van der Waals surface area contributed by atoms with E-state index in [0.29, 0.717) is 5.69 Å². The van der Waals surface area contributed by atoms with Crippen LogP contribution in [0.5, 0.6) is 0 Å². The normalized spacial score (nSPS) is 9.29. The van der Waals surface area contributed by atoms with Gasteiger partial charge in [-0.3, -0.25) is 9.59 Å². The zero-order valence-electron chi connectivity index (χ0n) is 8.90. The maximum atomic E-state index is 11.2. The molecule has 17 heavy (non-hydrogen) atoms. The third-order valence-corrected chi connectivity index (χ3v) is 2.20. The van der Waals surface area contributed by atoms with Crippen molar-refractivity contribution in [2.75, 3.05) is 11.9 Å². The van der Waals surface area contributed by atoms with Crippen LogP contribution in [0.1, 0.15) is 16.8 Å². The topological polar surface area (TPSA) is 98.2 Å². The van der Waals surface area contributed by atoms with Gasteiger partial charge in [-0.1, -0.05) is 11.6 Å². The number of primary amides is 1. The highest BCUT2D eigenvalue weighted by Gasteiger charge is 2.08. The van der Waals surface area contributed by atoms with Gasteiger partial charge in [0.05, 0.1) is 10.6 Å². The third-order valence-electron chi connectivity index (χ3n) is 1.89. The number of nitrogens with one attached hydrogen (secondary N) is 1. The second kappa shape index (κ2) is 7.11. The van der Waals surface area contributed by atoms with Gasteiger partial charge in [0.25, 0.3) is 0 Å². The fraction of sp³-hybridized carbons (Fsp3) is 0.200. The fourth-order valence-electron chi connectivity index (χ4n) is 1.15. The number of benzene rings is 1. The first-order valence-electron chi connectivity index (χ1n) is 4.64. The number of hydrogen-bond acceptors (Lipinski definition) is 3. The van der Waals surface area contributed by atoms with E-state index in [0.717, 1.165) is 0 Å². The molecule has 0 fully saturated rings. The Kier molecular flexibility index (Phi) is 6.57. The van der Waals surface area contributed by atoms with Gasteiger partial charge in [-0.2, -0.15) is 0 Å². The summed E-state index contributed by atoms with van der Waals surface area (Å²) in [6.45, 7) is 0.277. The van der Waals surface area contributed by atoms with Gasteiger partial charge in [-0.15, -0.1) is 12.4 Å². The van der Waals surface area contributed by atoms with Gasteiger partial charge in [0.2, 0.25) is 11.8 Å². The van der Waals surface area contributed by atoms with Crippen molar-refractivity contribution < 1.29 is 9.59 Å². The number of nitrogens with two attached hydrogens (primary N) is 2. The van der Waals surface area contributed by atoms with Gasteiger partial charge < -0.3 is 16.8 Å². The molecule has 1 aromatic rings. The molecule has 0 aromatic heterocycles. The van der Waals surface area contributed by atoms with Crippen molar-refractivity contribution >= 4 is 41.5 Å². The summed E-state index contributed by atoms with van der Waals surface area (Å²) < 4.78 is 0. The Morgan fingerprint density at radius 2 is 2.00 bits per heavy atom. The fourth-order valence-corrected chi connectivity index (χ4v) is 1.42. The van der Waals surface area contributed by atoms with E-state index in [-0.39, 0.29) is 41.9 Å². The van der Waals surface area contributed by atoms with Crippen LogP contribution in [0.2, 0.25) is 5.02 Å².